The predicted molar refractivity (Wildman–Crippen MR) is 105 cm³/mol. The normalized spacial score (nSPS) is 16.4. The number of nitrogens with zero attached hydrogens (tertiary/aromatic N) is 4. The Bertz CT molecular complexity index is 1010. The van der Waals surface area contributed by atoms with Crippen molar-refractivity contribution in [3.8, 4) is 5.82 Å². The molecule has 3 aromatic rings. The van der Waals surface area contributed by atoms with Gasteiger partial charge >= 0.3 is 0 Å². The molecule has 4 rings (SSSR count). The molecule has 0 spiro atoms. The molecule has 1 fully saturated rings. The Morgan fingerprint density at radius 2 is 2.11 bits per heavy atom. The standard InChI is InChI=1S/C20H18ClN5O2/c21-16-3-1-2-4-17(16)26-12-15(10-19(26)27)20(28)24-11-14-5-6-23-18(9-14)25-8-7-22-13-25/h1-9,13,15H,10-12H2,(H,24,28). The van der Waals surface area contributed by atoms with Crippen molar-refractivity contribution in [2.24, 2.45) is 5.92 Å². The summed E-state index contributed by atoms with van der Waals surface area (Å²) in [5.74, 6) is 0.0763. The molecule has 1 aromatic carbocycles. The maximum atomic E-state index is 12.6. The quantitative estimate of drug-likeness (QED) is 0.720. The third-order valence-corrected chi connectivity index (χ3v) is 5.00. The lowest BCUT2D eigenvalue weighted by Gasteiger charge is -2.18. The first kappa shape index (κ1) is 18.2. The summed E-state index contributed by atoms with van der Waals surface area (Å²) in [6, 6.07) is 10.9. The molecule has 1 N–H and O–H groups in total. The molecule has 0 aliphatic carbocycles. The molecule has 7 nitrogen and oxygen atoms in total. The highest BCUT2D eigenvalue weighted by Crippen LogP contribution is 2.31. The molecule has 2 aromatic heterocycles. The van der Waals surface area contributed by atoms with Crippen molar-refractivity contribution in [2.75, 3.05) is 11.4 Å². The van der Waals surface area contributed by atoms with Crippen molar-refractivity contribution < 1.29 is 9.59 Å². The van der Waals surface area contributed by atoms with Crippen LogP contribution in [0.1, 0.15) is 12.0 Å². The highest BCUT2D eigenvalue weighted by Gasteiger charge is 2.35. The highest BCUT2D eigenvalue weighted by atomic mass is 35.5. The minimum absolute atomic E-state index is 0.0976. The number of carbonyl (C=O) groups excluding carboxylic acids is 2. The van der Waals surface area contributed by atoms with Crippen LogP contribution in [0.25, 0.3) is 5.82 Å². The fraction of sp³-hybridized carbons (Fsp3) is 0.200. The van der Waals surface area contributed by atoms with E-state index in [1.165, 1.54) is 0 Å². The van der Waals surface area contributed by atoms with Crippen molar-refractivity contribution >= 4 is 29.1 Å². The zero-order valence-electron chi connectivity index (χ0n) is 15.0. The van der Waals surface area contributed by atoms with Gasteiger partial charge in [0.25, 0.3) is 0 Å². The van der Waals surface area contributed by atoms with E-state index in [0.717, 1.165) is 11.4 Å². The van der Waals surface area contributed by atoms with E-state index in [4.69, 9.17) is 11.6 Å². The Kier molecular flexibility index (Phi) is 5.08. The van der Waals surface area contributed by atoms with E-state index in [0.29, 0.717) is 23.8 Å². The number of pyridine rings is 1. The number of benzene rings is 1. The molecule has 1 unspecified atom stereocenters. The van der Waals surface area contributed by atoms with Crippen LogP contribution in [0.15, 0.2) is 61.3 Å². The Morgan fingerprint density at radius 3 is 2.89 bits per heavy atom. The Hall–Kier alpha value is -3.19. The lowest BCUT2D eigenvalue weighted by Crippen LogP contribution is -2.32. The number of carbonyl (C=O) groups is 2. The molecule has 0 radical (unpaired) electrons. The van der Waals surface area contributed by atoms with Gasteiger partial charge in [0.1, 0.15) is 12.1 Å². The van der Waals surface area contributed by atoms with Crippen LogP contribution in [0.2, 0.25) is 5.02 Å². The van der Waals surface area contributed by atoms with Gasteiger partial charge in [-0.2, -0.15) is 0 Å². The lowest BCUT2D eigenvalue weighted by molar-refractivity contribution is -0.126. The molecular formula is C20H18ClN5O2. The second-order valence-corrected chi connectivity index (χ2v) is 6.97. The van der Waals surface area contributed by atoms with Crippen LogP contribution in [0.3, 0.4) is 0 Å². The minimum atomic E-state index is -0.404. The summed E-state index contributed by atoms with van der Waals surface area (Å²) < 4.78 is 1.79. The van der Waals surface area contributed by atoms with E-state index in [2.05, 4.69) is 15.3 Å². The first-order chi connectivity index (χ1) is 13.6. The maximum Gasteiger partial charge on any atom is 0.227 e. The van der Waals surface area contributed by atoms with E-state index in [1.54, 1.807) is 46.5 Å². The summed E-state index contributed by atoms with van der Waals surface area (Å²) in [4.78, 5) is 34.8. The summed E-state index contributed by atoms with van der Waals surface area (Å²) in [6.45, 7) is 0.685. The number of aromatic nitrogens is 3. The number of hydrogen-bond donors (Lipinski definition) is 1. The number of anilines is 1. The van der Waals surface area contributed by atoms with Gasteiger partial charge in [0.2, 0.25) is 11.8 Å². The monoisotopic (exact) mass is 395 g/mol. The van der Waals surface area contributed by atoms with Crippen molar-refractivity contribution in [3.63, 3.8) is 0 Å². The van der Waals surface area contributed by atoms with Crippen LogP contribution in [0.4, 0.5) is 5.69 Å². The van der Waals surface area contributed by atoms with Crippen LogP contribution in [0, 0.1) is 5.92 Å². The summed E-state index contributed by atoms with van der Waals surface area (Å²) in [5, 5.41) is 3.42. The number of para-hydroxylation sites is 1. The molecule has 28 heavy (non-hydrogen) atoms. The van der Waals surface area contributed by atoms with Gasteiger partial charge in [-0.3, -0.25) is 14.2 Å². The second kappa shape index (κ2) is 7.82. The van der Waals surface area contributed by atoms with Gasteiger partial charge in [-0.1, -0.05) is 23.7 Å². The largest absolute Gasteiger partial charge is 0.352 e. The summed E-state index contributed by atoms with van der Waals surface area (Å²) in [7, 11) is 0. The molecule has 1 atom stereocenters. The molecule has 0 saturated carbocycles. The first-order valence-electron chi connectivity index (χ1n) is 8.87. The fourth-order valence-corrected chi connectivity index (χ4v) is 3.46. The summed E-state index contributed by atoms with van der Waals surface area (Å²) in [5.41, 5.74) is 1.56. The topological polar surface area (TPSA) is 80.1 Å². The smallest absolute Gasteiger partial charge is 0.227 e. The van der Waals surface area contributed by atoms with E-state index >= 15 is 0 Å². The van der Waals surface area contributed by atoms with Gasteiger partial charge in [0, 0.05) is 38.1 Å². The summed E-state index contributed by atoms with van der Waals surface area (Å²) in [6.07, 6.45) is 7.01. The molecule has 1 aliphatic rings. The minimum Gasteiger partial charge on any atom is -0.352 e. The molecule has 2 amide bonds. The molecule has 3 heterocycles. The Morgan fingerprint density at radius 1 is 1.25 bits per heavy atom. The highest BCUT2D eigenvalue weighted by molar-refractivity contribution is 6.33. The van der Waals surface area contributed by atoms with Crippen LogP contribution < -0.4 is 10.2 Å². The first-order valence-corrected chi connectivity index (χ1v) is 9.25. The third kappa shape index (κ3) is 3.75. The number of halogens is 1. The van der Waals surface area contributed by atoms with Crippen LogP contribution in [0.5, 0.6) is 0 Å². The lowest BCUT2D eigenvalue weighted by atomic mass is 10.1. The van der Waals surface area contributed by atoms with E-state index in [-0.39, 0.29) is 18.2 Å². The van der Waals surface area contributed by atoms with Gasteiger partial charge in [-0.25, -0.2) is 9.97 Å². The fourth-order valence-electron chi connectivity index (χ4n) is 3.23. The van der Waals surface area contributed by atoms with E-state index in [9.17, 15) is 9.59 Å². The van der Waals surface area contributed by atoms with Crippen molar-refractivity contribution in [1.29, 1.82) is 0 Å². The number of hydrogen-bond acceptors (Lipinski definition) is 4. The number of nitrogens with one attached hydrogen (secondary N) is 1. The number of rotatable bonds is 5. The van der Waals surface area contributed by atoms with Crippen molar-refractivity contribution in [2.45, 2.75) is 13.0 Å². The average molecular weight is 396 g/mol. The second-order valence-electron chi connectivity index (χ2n) is 6.57. The molecule has 1 aliphatic heterocycles. The van der Waals surface area contributed by atoms with E-state index in [1.807, 2.05) is 24.3 Å². The molecule has 142 valence electrons. The van der Waals surface area contributed by atoms with Gasteiger partial charge in [0.05, 0.1) is 16.6 Å². The van der Waals surface area contributed by atoms with Crippen LogP contribution >= 0.6 is 11.6 Å². The van der Waals surface area contributed by atoms with Crippen LogP contribution in [-0.4, -0.2) is 32.9 Å². The van der Waals surface area contributed by atoms with E-state index < -0.39 is 5.92 Å². The predicted octanol–water partition coefficient (Wildman–Crippen LogP) is 2.59. The van der Waals surface area contributed by atoms with Gasteiger partial charge in [-0.05, 0) is 29.8 Å². The van der Waals surface area contributed by atoms with Gasteiger partial charge < -0.3 is 10.2 Å². The summed E-state index contributed by atoms with van der Waals surface area (Å²) >= 11 is 6.19. The van der Waals surface area contributed by atoms with Crippen LogP contribution in [-0.2, 0) is 16.1 Å². The Labute approximate surface area is 167 Å². The van der Waals surface area contributed by atoms with Gasteiger partial charge in [0.15, 0.2) is 0 Å². The molecule has 8 heteroatoms. The molecule has 1 saturated heterocycles. The SMILES string of the molecule is O=C(NCc1ccnc(-n2ccnc2)c1)C1CC(=O)N(c2ccccc2Cl)C1. The Balaban J connectivity index is 1.39. The average Bonchev–Trinajstić information content (AvgIpc) is 3.37. The van der Waals surface area contributed by atoms with Gasteiger partial charge in [-0.15, -0.1) is 0 Å². The van der Waals surface area contributed by atoms with Crippen molar-refractivity contribution in [1.82, 2.24) is 19.9 Å². The zero-order chi connectivity index (χ0) is 19.5. The van der Waals surface area contributed by atoms with Crippen molar-refractivity contribution in [3.05, 3.63) is 71.9 Å². The number of imidazole rings is 1. The molecule has 0 bridgehead atoms. The third-order valence-electron chi connectivity index (χ3n) is 4.68. The zero-order valence-corrected chi connectivity index (χ0v) is 15.7. The molecular weight excluding hydrogens is 378 g/mol. The maximum absolute atomic E-state index is 12.6. The number of amides is 2.